The van der Waals surface area contributed by atoms with E-state index in [1.165, 1.54) is 13.8 Å². The van der Waals surface area contributed by atoms with Crippen LogP contribution in [0, 0.1) is 29.3 Å². The third-order valence-electron chi connectivity index (χ3n) is 4.51. The number of aromatic nitrogens is 2. The summed E-state index contributed by atoms with van der Waals surface area (Å²) in [4.78, 5) is 16.3. The number of aliphatic hydroxyl groups is 4. The Morgan fingerprint density at radius 2 is 1.74 bits per heavy atom. The minimum atomic E-state index is -3.91. The van der Waals surface area contributed by atoms with Gasteiger partial charge < -0.3 is 25.3 Å². The lowest BCUT2D eigenvalue weighted by atomic mass is 10.1. The van der Waals surface area contributed by atoms with Crippen LogP contribution in [0.5, 0.6) is 0 Å². The van der Waals surface area contributed by atoms with Crippen LogP contribution >= 0.6 is 0 Å². The van der Waals surface area contributed by atoms with Crippen LogP contribution < -0.4 is 10.6 Å². The molecule has 35 heavy (non-hydrogen) atoms. The van der Waals surface area contributed by atoms with Crippen LogP contribution in [0.3, 0.4) is 0 Å². The molecule has 13 heteroatoms. The molecule has 3 aromatic rings. The molecule has 0 aliphatic carbocycles. The van der Waals surface area contributed by atoms with Gasteiger partial charge in [-0.05, 0) is 44.2 Å². The third-order valence-corrected chi connectivity index (χ3v) is 4.51. The van der Waals surface area contributed by atoms with Crippen molar-refractivity contribution in [2.24, 2.45) is 0 Å². The molecule has 0 radical (unpaired) electrons. The largest absolute Gasteiger partial charge is 0.378 e. The van der Waals surface area contributed by atoms with Crippen LogP contribution in [0.1, 0.15) is 19.4 Å². The highest BCUT2D eigenvalue weighted by molar-refractivity contribution is 5.92. The zero-order valence-corrected chi connectivity index (χ0v) is 18.1. The molecule has 0 bridgehead atoms. The summed E-state index contributed by atoms with van der Waals surface area (Å²) >= 11 is 0. The summed E-state index contributed by atoms with van der Waals surface area (Å²) in [6.07, 6.45) is -7.06. The van der Waals surface area contributed by atoms with Gasteiger partial charge in [0.05, 0.1) is 17.4 Å². The molecule has 0 amide bonds. The molecule has 0 fully saturated rings. The van der Waals surface area contributed by atoms with Crippen molar-refractivity contribution in [3.63, 3.8) is 0 Å². The van der Waals surface area contributed by atoms with E-state index >= 15 is 0 Å². The van der Waals surface area contributed by atoms with E-state index in [0.717, 1.165) is 18.2 Å². The molecule has 0 aliphatic heterocycles. The first kappa shape index (κ1) is 26.0. The van der Waals surface area contributed by atoms with Crippen LogP contribution in [0.15, 0.2) is 35.1 Å². The van der Waals surface area contributed by atoms with Gasteiger partial charge in [-0.15, -0.1) is 0 Å². The second kappa shape index (κ2) is 9.23. The third kappa shape index (κ3) is 5.75. The van der Waals surface area contributed by atoms with Crippen LogP contribution in [0.25, 0.3) is 10.9 Å². The van der Waals surface area contributed by atoms with E-state index < -0.39 is 70.2 Å². The first-order valence-corrected chi connectivity index (χ1v) is 9.78. The van der Waals surface area contributed by atoms with Crippen molar-refractivity contribution >= 4 is 22.4 Å². The number of rotatable bonds is 5. The van der Waals surface area contributed by atoms with Crippen molar-refractivity contribution in [2.75, 3.05) is 11.4 Å². The molecule has 1 aromatic heterocycles. The summed E-state index contributed by atoms with van der Waals surface area (Å²) in [6, 6.07) is 3.92. The molecule has 4 N–H and O–H groups in total. The van der Waals surface area contributed by atoms with Gasteiger partial charge in [0.1, 0.15) is 11.4 Å². The Balaban J connectivity index is 2.39. The number of benzene rings is 2. The van der Waals surface area contributed by atoms with Crippen LogP contribution in [0.2, 0.25) is 0 Å². The Labute approximate surface area is 194 Å². The second-order valence-corrected chi connectivity index (χ2v) is 7.92. The van der Waals surface area contributed by atoms with Gasteiger partial charge >= 0.3 is 11.8 Å². The second-order valence-electron chi connectivity index (χ2n) is 7.92. The lowest BCUT2D eigenvalue weighted by molar-refractivity contribution is -0.374. The lowest BCUT2D eigenvalue weighted by Crippen LogP contribution is -2.43. The van der Waals surface area contributed by atoms with E-state index in [4.69, 9.17) is 0 Å². The molecule has 0 unspecified atom stereocenters. The molecule has 0 spiro atoms. The summed E-state index contributed by atoms with van der Waals surface area (Å²) in [5, 5.41) is 37.3. The van der Waals surface area contributed by atoms with Crippen molar-refractivity contribution in [3.05, 3.63) is 63.8 Å². The van der Waals surface area contributed by atoms with Crippen LogP contribution in [0.4, 0.5) is 33.5 Å². The summed E-state index contributed by atoms with van der Waals surface area (Å²) in [5.41, 5.74) is -4.43. The van der Waals surface area contributed by atoms with Gasteiger partial charge in [-0.25, -0.2) is 31.3 Å². The fraction of sp³-hybridized carbons (Fsp3) is 0.273. The first-order valence-electron chi connectivity index (χ1n) is 9.78. The molecule has 8 nitrogen and oxygen atoms in total. The first-order chi connectivity index (χ1) is 16.1. The molecular formula is C22H18F5N3O5. The number of fused-ring (bicyclic) bond motifs is 1. The normalized spacial score (nSPS) is 12.1. The highest BCUT2D eigenvalue weighted by Crippen LogP contribution is 2.34. The Morgan fingerprint density at radius 3 is 2.31 bits per heavy atom. The van der Waals surface area contributed by atoms with Crippen molar-refractivity contribution in [3.8, 4) is 11.8 Å². The number of halogens is 5. The number of hydrogen-bond donors (Lipinski definition) is 4. The van der Waals surface area contributed by atoms with Crippen molar-refractivity contribution in [2.45, 2.75) is 32.0 Å². The van der Waals surface area contributed by atoms with Gasteiger partial charge in [-0.1, -0.05) is 11.8 Å². The Hall–Kier alpha value is -3.57. The predicted molar refractivity (Wildman–Crippen MR) is 113 cm³/mol. The van der Waals surface area contributed by atoms with E-state index in [-0.39, 0.29) is 10.1 Å². The van der Waals surface area contributed by atoms with E-state index in [2.05, 4.69) is 16.8 Å². The smallest absolute Gasteiger partial charge is 0.377 e. The highest BCUT2D eigenvalue weighted by Gasteiger charge is 2.31. The predicted octanol–water partition coefficient (Wildman–Crippen LogP) is 1.88. The average Bonchev–Trinajstić information content (AvgIpc) is 2.70. The highest BCUT2D eigenvalue weighted by atomic mass is 19.3. The van der Waals surface area contributed by atoms with Gasteiger partial charge in [0.25, 0.3) is 6.43 Å². The van der Waals surface area contributed by atoms with Gasteiger partial charge in [0, 0.05) is 11.3 Å². The maximum atomic E-state index is 14.9. The summed E-state index contributed by atoms with van der Waals surface area (Å²) < 4.78 is 70.1. The molecule has 0 saturated carbocycles. The fourth-order valence-electron chi connectivity index (χ4n) is 3.20. The Kier molecular flexibility index (Phi) is 6.87. The monoisotopic (exact) mass is 499 g/mol. The SMILES string of the molecule is CC(C)(O)C#Cc1cc(F)cc(N(CC(F)F)c2nc(=O)n(C(O)(O)O)c3ccc(F)c(F)c23)c1. The minimum Gasteiger partial charge on any atom is -0.378 e. The Bertz CT molecular complexity index is 1400. The molecule has 0 aliphatic rings. The van der Waals surface area contributed by atoms with Crippen molar-refractivity contribution < 1.29 is 42.4 Å². The summed E-state index contributed by atoms with van der Waals surface area (Å²) in [6.45, 7) is 1.40. The molecule has 186 valence electrons. The fourth-order valence-corrected chi connectivity index (χ4v) is 3.20. The maximum Gasteiger partial charge on any atom is 0.377 e. The Morgan fingerprint density at radius 1 is 1.09 bits per heavy atom. The van der Waals surface area contributed by atoms with E-state index in [0.29, 0.717) is 17.0 Å². The number of hydrogen-bond acceptors (Lipinski definition) is 7. The lowest BCUT2D eigenvalue weighted by Gasteiger charge is -2.27. The standard InChI is InChI=1S/C22H18F5N3O5/c1-21(2,32)6-5-11-7-12(23)9-13(8-11)29(10-16(25)26)19-17-15(4-3-14(24)18(17)27)30(20(31)28-19)22(33,34)35/h3-4,7-9,16,32-35H,10H2,1-2H3. The van der Waals surface area contributed by atoms with E-state index in [1.54, 1.807) is 0 Å². The minimum absolute atomic E-state index is 0.0919. The number of anilines is 2. The maximum absolute atomic E-state index is 14.9. The summed E-state index contributed by atoms with van der Waals surface area (Å²) in [5.74, 6) is -0.287. The zero-order chi connectivity index (χ0) is 26.3. The van der Waals surface area contributed by atoms with E-state index in [1.807, 2.05) is 0 Å². The molecule has 0 saturated heterocycles. The average molecular weight is 499 g/mol. The molecule has 0 atom stereocenters. The van der Waals surface area contributed by atoms with Gasteiger partial charge in [-0.3, -0.25) is 0 Å². The van der Waals surface area contributed by atoms with E-state index in [9.17, 15) is 47.2 Å². The quantitative estimate of drug-likeness (QED) is 0.241. The van der Waals surface area contributed by atoms with Crippen molar-refractivity contribution in [1.29, 1.82) is 0 Å². The van der Waals surface area contributed by atoms with Gasteiger partial charge in [0.15, 0.2) is 17.5 Å². The zero-order valence-electron chi connectivity index (χ0n) is 18.1. The topological polar surface area (TPSA) is 119 Å². The molecular weight excluding hydrogens is 481 g/mol. The van der Waals surface area contributed by atoms with Crippen LogP contribution in [-0.4, -0.2) is 48.5 Å². The number of nitrogens with zero attached hydrogens (tertiary/aromatic N) is 3. The van der Waals surface area contributed by atoms with Gasteiger partial charge in [-0.2, -0.15) is 4.98 Å². The molecule has 3 rings (SSSR count). The molecule has 2 aromatic carbocycles. The number of alkyl halides is 2. The summed E-state index contributed by atoms with van der Waals surface area (Å²) in [7, 11) is 0. The van der Waals surface area contributed by atoms with Crippen LogP contribution in [-0.2, 0) is 6.10 Å². The van der Waals surface area contributed by atoms with Crippen molar-refractivity contribution in [1.82, 2.24) is 9.55 Å². The molecule has 1 heterocycles. The van der Waals surface area contributed by atoms with Gasteiger partial charge in [0.2, 0.25) is 0 Å².